The molecule has 0 unspecified atom stereocenters. The average molecular weight is 260 g/mol. The molecule has 0 atom stereocenters. The lowest BCUT2D eigenvalue weighted by Crippen LogP contribution is -2.04. The Morgan fingerprint density at radius 3 is 2.17 bits per heavy atom. The number of rotatable bonds is 6. The fourth-order valence-corrected chi connectivity index (χ4v) is 1.64. The second-order valence-electron chi connectivity index (χ2n) is 4.15. The average Bonchev–Trinajstić information content (AvgIpc) is 2.27. The van der Waals surface area contributed by atoms with Gasteiger partial charge in [0.05, 0.1) is 5.56 Å². The van der Waals surface area contributed by atoms with Crippen LogP contribution in [-0.2, 0) is 17.4 Å². The molecule has 1 N–H and O–H groups in total. The first-order chi connectivity index (χ1) is 8.39. The summed E-state index contributed by atoms with van der Waals surface area (Å²) in [5, 5.41) is 8.43. The van der Waals surface area contributed by atoms with Crippen molar-refractivity contribution in [3.05, 3.63) is 35.4 Å². The lowest BCUT2D eigenvalue weighted by Gasteiger charge is -2.07. The van der Waals surface area contributed by atoms with Gasteiger partial charge >= 0.3 is 12.1 Å². The molecule has 0 saturated heterocycles. The van der Waals surface area contributed by atoms with Gasteiger partial charge in [-0.1, -0.05) is 18.6 Å². The number of aliphatic carboxylic acids is 1. The number of aryl methyl sites for hydroxylation is 1. The van der Waals surface area contributed by atoms with Gasteiger partial charge in [0.15, 0.2) is 0 Å². The Bertz CT molecular complexity index is 382. The topological polar surface area (TPSA) is 37.3 Å². The fraction of sp³-hybridized carbons (Fsp3) is 0.462. The maximum absolute atomic E-state index is 12.3. The third-order valence-corrected chi connectivity index (χ3v) is 2.64. The summed E-state index contributed by atoms with van der Waals surface area (Å²) in [4.78, 5) is 10.3. The number of alkyl halides is 3. The van der Waals surface area contributed by atoms with Crippen molar-refractivity contribution in [2.45, 2.75) is 38.3 Å². The Kier molecular flexibility index (Phi) is 5.19. The minimum atomic E-state index is -4.29. The lowest BCUT2D eigenvalue weighted by molar-refractivity contribution is -0.138. The summed E-state index contributed by atoms with van der Waals surface area (Å²) in [6, 6.07) is 5.10. The van der Waals surface area contributed by atoms with Gasteiger partial charge in [0, 0.05) is 6.42 Å². The van der Waals surface area contributed by atoms with Gasteiger partial charge in [-0.2, -0.15) is 13.2 Å². The van der Waals surface area contributed by atoms with E-state index in [1.54, 1.807) is 0 Å². The summed E-state index contributed by atoms with van der Waals surface area (Å²) in [5.74, 6) is -0.815. The van der Waals surface area contributed by atoms with E-state index in [4.69, 9.17) is 5.11 Å². The molecule has 0 fully saturated rings. The zero-order chi connectivity index (χ0) is 13.6. The van der Waals surface area contributed by atoms with Crippen molar-refractivity contribution in [3.8, 4) is 0 Å². The van der Waals surface area contributed by atoms with Crippen molar-refractivity contribution in [1.82, 2.24) is 0 Å². The van der Waals surface area contributed by atoms with Crippen LogP contribution in [0.4, 0.5) is 13.2 Å². The van der Waals surface area contributed by atoms with Crippen LogP contribution >= 0.6 is 0 Å². The van der Waals surface area contributed by atoms with E-state index >= 15 is 0 Å². The molecule has 0 heterocycles. The number of carboxylic acids is 1. The Morgan fingerprint density at radius 1 is 1.06 bits per heavy atom. The van der Waals surface area contributed by atoms with E-state index in [1.165, 1.54) is 12.1 Å². The molecular weight excluding hydrogens is 245 g/mol. The highest BCUT2D eigenvalue weighted by Gasteiger charge is 2.29. The number of unbranched alkanes of at least 4 members (excludes halogenated alkanes) is 2. The second kappa shape index (κ2) is 6.42. The molecule has 100 valence electrons. The maximum atomic E-state index is 12.3. The molecule has 0 aliphatic heterocycles. The number of carbonyl (C=O) groups is 1. The molecule has 0 saturated carbocycles. The van der Waals surface area contributed by atoms with E-state index in [9.17, 15) is 18.0 Å². The molecule has 2 nitrogen and oxygen atoms in total. The van der Waals surface area contributed by atoms with Crippen LogP contribution in [0, 0.1) is 0 Å². The van der Waals surface area contributed by atoms with Crippen molar-refractivity contribution >= 4 is 5.97 Å². The van der Waals surface area contributed by atoms with Crippen molar-refractivity contribution in [2.75, 3.05) is 0 Å². The van der Waals surface area contributed by atoms with Crippen LogP contribution in [0.2, 0.25) is 0 Å². The highest BCUT2D eigenvalue weighted by Crippen LogP contribution is 2.29. The van der Waals surface area contributed by atoms with E-state index in [0.29, 0.717) is 12.8 Å². The van der Waals surface area contributed by atoms with Crippen molar-refractivity contribution in [3.63, 3.8) is 0 Å². The van der Waals surface area contributed by atoms with E-state index < -0.39 is 17.7 Å². The fourth-order valence-electron chi connectivity index (χ4n) is 1.64. The third-order valence-electron chi connectivity index (χ3n) is 2.64. The molecule has 0 aliphatic carbocycles. The first kappa shape index (κ1) is 14.5. The number of hydrogen-bond acceptors (Lipinski definition) is 1. The number of benzene rings is 1. The maximum Gasteiger partial charge on any atom is 0.416 e. The van der Waals surface area contributed by atoms with Crippen LogP contribution in [-0.4, -0.2) is 11.1 Å². The van der Waals surface area contributed by atoms with E-state index in [0.717, 1.165) is 30.5 Å². The van der Waals surface area contributed by atoms with Gasteiger partial charge in [-0.25, -0.2) is 0 Å². The molecule has 0 spiro atoms. The molecule has 5 heteroatoms. The first-order valence-corrected chi connectivity index (χ1v) is 5.77. The van der Waals surface area contributed by atoms with E-state index in [-0.39, 0.29) is 6.42 Å². The van der Waals surface area contributed by atoms with Crippen molar-refractivity contribution in [2.24, 2.45) is 0 Å². The van der Waals surface area contributed by atoms with Crippen LogP contribution < -0.4 is 0 Å². The SMILES string of the molecule is O=C(O)CCCCCc1ccc(C(F)(F)F)cc1. The molecule has 1 aromatic rings. The predicted molar refractivity (Wildman–Crippen MR) is 61.3 cm³/mol. The second-order valence-corrected chi connectivity index (χ2v) is 4.15. The normalized spacial score (nSPS) is 11.5. The van der Waals surface area contributed by atoms with Gasteiger partial charge in [0.25, 0.3) is 0 Å². The smallest absolute Gasteiger partial charge is 0.416 e. The van der Waals surface area contributed by atoms with Crippen LogP contribution in [0.3, 0.4) is 0 Å². The predicted octanol–water partition coefficient (Wildman–Crippen LogP) is 3.89. The highest BCUT2D eigenvalue weighted by molar-refractivity contribution is 5.66. The first-order valence-electron chi connectivity index (χ1n) is 5.77. The van der Waals surface area contributed by atoms with Gasteiger partial charge in [-0.3, -0.25) is 4.79 Å². The summed E-state index contributed by atoms with van der Waals surface area (Å²) in [5.41, 5.74) is 0.204. The number of halogens is 3. The largest absolute Gasteiger partial charge is 0.481 e. The van der Waals surface area contributed by atoms with Gasteiger partial charge in [-0.05, 0) is 37.0 Å². The van der Waals surface area contributed by atoms with Gasteiger partial charge < -0.3 is 5.11 Å². The standard InChI is InChI=1S/C13H15F3O2/c14-13(15,16)11-8-6-10(7-9-11)4-2-1-3-5-12(17)18/h6-9H,1-5H2,(H,17,18). The number of hydrogen-bond donors (Lipinski definition) is 1. The third kappa shape index (κ3) is 5.21. The summed E-state index contributed by atoms with van der Waals surface area (Å²) >= 11 is 0. The van der Waals surface area contributed by atoms with Gasteiger partial charge in [0.1, 0.15) is 0 Å². The lowest BCUT2D eigenvalue weighted by atomic mass is 10.0. The minimum absolute atomic E-state index is 0.146. The zero-order valence-corrected chi connectivity index (χ0v) is 9.83. The van der Waals surface area contributed by atoms with Crippen LogP contribution in [0.15, 0.2) is 24.3 Å². The molecule has 0 aliphatic rings. The van der Waals surface area contributed by atoms with Crippen molar-refractivity contribution < 1.29 is 23.1 Å². The minimum Gasteiger partial charge on any atom is -0.481 e. The van der Waals surface area contributed by atoms with Crippen LogP contribution in [0.5, 0.6) is 0 Å². The van der Waals surface area contributed by atoms with Crippen LogP contribution in [0.1, 0.15) is 36.8 Å². The Labute approximate surface area is 103 Å². The molecule has 0 bridgehead atoms. The van der Waals surface area contributed by atoms with Gasteiger partial charge in [0.2, 0.25) is 0 Å². The summed E-state index contributed by atoms with van der Waals surface area (Å²) in [7, 11) is 0. The summed E-state index contributed by atoms with van der Waals surface area (Å²) < 4.78 is 36.9. The van der Waals surface area contributed by atoms with Crippen LogP contribution in [0.25, 0.3) is 0 Å². The molecule has 1 aromatic carbocycles. The molecule has 18 heavy (non-hydrogen) atoms. The Balaban J connectivity index is 2.33. The highest BCUT2D eigenvalue weighted by atomic mass is 19.4. The summed E-state index contributed by atoms with van der Waals surface area (Å²) in [6.07, 6.45) is -1.30. The molecular formula is C13H15F3O2. The Hall–Kier alpha value is -1.52. The quantitative estimate of drug-likeness (QED) is 0.788. The van der Waals surface area contributed by atoms with Crippen molar-refractivity contribution in [1.29, 1.82) is 0 Å². The zero-order valence-electron chi connectivity index (χ0n) is 9.83. The Morgan fingerprint density at radius 2 is 1.67 bits per heavy atom. The molecule has 0 amide bonds. The molecule has 1 rings (SSSR count). The monoisotopic (exact) mass is 260 g/mol. The molecule has 0 aromatic heterocycles. The summed E-state index contributed by atoms with van der Waals surface area (Å²) in [6.45, 7) is 0. The van der Waals surface area contributed by atoms with E-state index in [2.05, 4.69) is 0 Å². The van der Waals surface area contributed by atoms with Gasteiger partial charge in [-0.15, -0.1) is 0 Å². The number of carboxylic acid groups (broad SMARTS) is 1. The molecule has 0 radical (unpaired) electrons. The van der Waals surface area contributed by atoms with E-state index in [1.807, 2.05) is 0 Å².